The summed E-state index contributed by atoms with van der Waals surface area (Å²) in [7, 11) is 1.72. The lowest BCUT2D eigenvalue weighted by Gasteiger charge is -2.22. The van der Waals surface area contributed by atoms with E-state index in [-0.39, 0.29) is 0 Å². The summed E-state index contributed by atoms with van der Waals surface area (Å²) in [5.41, 5.74) is 0. The van der Waals surface area contributed by atoms with Crippen LogP contribution in [-0.2, 0) is 11.3 Å². The standard InChI is InChI=1S/C10H18BrN3O/c1-3-13-7-5-12-10(13)14(6-4-11)8-9-15-2/h5,7H,3-4,6,8-9H2,1-2H3. The molecule has 4 nitrogen and oxygen atoms in total. The average molecular weight is 276 g/mol. The molecule has 0 spiro atoms. The van der Waals surface area contributed by atoms with Gasteiger partial charge in [-0.15, -0.1) is 0 Å². The zero-order valence-corrected chi connectivity index (χ0v) is 10.9. The van der Waals surface area contributed by atoms with Crippen molar-refractivity contribution in [3.05, 3.63) is 12.4 Å². The lowest BCUT2D eigenvalue weighted by molar-refractivity contribution is 0.205. The van der Waals surface area contributed by atoms with E-state index >= 15 is 0 Å². The van der Waals surface area contributed by atoms with Crippen LogP contribution in [0.4, 0.5) is 5.95 Å². The fraction of sp³-hybridized carbons (Fsp3) is 0.700. The Kier molecular flexibility index (Phi) is 5.71. The van der Waals surface area contributed by atoms with Crippen molar-refractivity contribution in [1.82, 2.24) is 9.55 Å². The molecule has 0 bridgehead atoms. The van der Waals surface area contributed by atoms with Crippen molar-refractivity contribution >= 4 is 21.9 Å². The highest BCUT2D eigenvalue weighted by Crippen LogP contribution is 2.11. The van der Waals surface area contributed by atoms with Crippen molar-refractivity contribution in [3.63, 3.8) is 0 Å². The quantitative estimate of drug-likeness (QED) is 0.711. The lowest BCUT2D eigenvalue weighted by atomic mass is 10.5. The molecule has 86 valence electrons. The van der Waals surface area contributed by atoms with E-state index in [1.807, 2.05) is 12.4 Å². The SMILES string of the molecule is CCn1ccnc1N(CCBr)CCOC. The number of nitrogens with zero attached hydrogens (tertiary/aromatic N) is 3. The van der Waals surface area contributed by atoms with Gasteiger partial charge in [0.25, 0.3) is 0 Å². The topological polar surface area (TPSA) is 30.3 Å². The van der Waals surface area contributed by atoms with Crippen molar-refractivity contribution in [2.45, 2.75) is 13.5 Å². The molecule has 0 unspecified atom stereocenters. The van der Waals surface area contributed by atoms with Gasteiger partial charge in [-0.1, -0.05) is 15.9 Å². The zero-order chi connectivity index (χ0) is 11.1. The van der Waals surface area contributed by atoms with Crippen molar-refractivity contribution in [3.8, 4) is 0 Å². The fourth-order valence-corrected chi connectivity index (χ4v) is 1.87. The van der Waals surface area contributed by atoms with Gasteiger partial charge in [0.05, 0.1) is 6.61 Å². The fourth-order valence-electron chi connectivity index (χ4n) is 1.45. The molecular formula is C10H18BrN3O. The molecule has 1 rings (SSSR count). The van der Waals surface area contributed by atoms with Crippen LogP contribution in [0.3, 0.4) is 0 Å². The molecule has 0 radical (unpaired) electrons. The maximum Gasteiger partial charge on any atom is 0.205 e. The Morgan fingerprint density at radius 1 is 1.53 bits per heavy atom. The van der Waals surface area contributed by atoms with Crippen LogP contribution in [-0.4, -0.2) is 41.7 Å². The summed E-state index contributed by atoms with van der Waals surface area (Å²) in [4.78, 5) is 6.60. The predicted octanol–water partition coefficient (Wildman–Crippen LogP) is 1.75. The van der Waals surface area contributed by atoms with Crippen LogP contribution in [0.25, 0.3) is 0 Å². The summed E-state index contributed by atoms with van der Waals surface area (Å²) in [5.74, 6) is 1.02. The molecule has 1 heterocycles. The number of rotatable bonds is 7. The van der Waals surface area contributed by atoms with Gasteiger partial charge >= 0.3 is 0 Å². The number of halogens is 1. The first kappa shape index (κ1) is 12.5. The van der Waals surface area contributed by atoms with Gasteiger partial charge in [-0.3, -0.25) is 0 Å². The molecule has 0 saturated carbocycles. The first-order valence-electron chi connectivity index (χ1n) is 5.14. The molecule has 0 aliphatic heterocycles. The normalized spacial score (nSPS) is 10.6. The Morgan fingerprint density at radius 2 is 2.33 bits per heavy atom. The monoisotopic (exact) mass is 275 g/mol. The lowest BCUT2D eigenvalue weighted by Crippen LogP contribution is -2.31. The highest BCUT2D eigenvalue weighted by Gasteiger charge is 2.10. The summed E-state index contributed by atoms with van der Waals surface area (Å²) >= 11 is 3.45. The molecule has 1 aromatic heterocycles. The van der Waals surface area contributed by atoms with Crippen LogP contribution in [0.5, 0.6) is 0 Å². The first-order valence-corrected chi connectivity index (χ1v) is 6.26. The van der Waals surface area contributed by atoms with Gasteiger partial charge in [-0.05, 0) is 6.92 Å². The van der Waals surface area contributed by atoms with E-state index < -0.39 is 0 Å². The van der Waals surface area contributed by atoms with E-state index in [2.05, 4.69) is 37.3 Å². The van der Waals surface area contributed by atoms with E-state index in [0.29, 0.717) is 0 Å². The van der Waals surface area contributed by atoms with Crippen LogP contribution >= 0.6 is 15.9 Å². The number of methoxy groups -OCH3 is 1. The first-order chi connectivity index (χ1) is 7.33. The van der Waals surface area contributed by atoms with Crippen LogP contribution in [0.1, 0.15) is 6.92 Å². The third-order valence-corrected chi connectivity index (χ3v) is 2.59. The molecule has 0 atom stereocenters. The Labute approximate surface area is 99.4 Å². The van der Waals surface area contributed by atoms with E-state index in [4.69, 9.17) is 4.74 Å². The van der Waals surface area contributed by atoms with E-state index in [0.717, 1.165) is 37.5 Å². The molecule has 5 heteroatoms. The molecule has 0 saturated heterocycles. The van der Waals surface area contributed by atoms with Crippen LogP contribution in [0.2, 0.25) is 0 Å². The second kappa shape index (κ2) is 6.85. The number of aryl methyl sites for hydroxylation is 1. The minimum absolute atomic E-state index is 0.726. The van der Waals surface area contributed by atoms with Gasteiger partial charge in [0.15, 0.2) is 0 Å². The smallest absolute Gasteiger partial charge is 0.205 e. The summed E-state index contributed by atoms with van der Waals surface area (Å²) in [6, 6.07) is 0. The summed E-state index contributed by atoms with van der Waals surface area (Å²) in [6.45, 7) is 5.61. The second-order valence-corrected chi connectivity index (χ2v) is 3.98. The van der Waals surface area contributed by atoms with Crippen LogP contribution in [0.15, 0.2) is 12.4 Å². The second-order valence-electron chi connectivity index (χ2n) is 3.18. The Morgan fingerprint density at radius 3 is 2.93 bits per heavy atom. The van der Waals surface area contributed by atoms with E-state index in [9.17, 15) is 0 Å². The summed E-state index contributed by atoms with van der Waals surface area (Å²) in [6.07, 6.45) is 3.84. The van der Waals surface area contributed by atoms with Crippen molar-refractivity contribution in [1.29, 1.82) is 0 Å². The van der Waals surface area contributed by atoms with Crippen LogP contribution in [0, 0.1) is 0 Å². The van der Waals surface area contributed by atoms with E-state index in [1.54, 1.807) is 7.11 Å². The van der Waals surface area contributed by atoms with Gasteiger partial charge in [0, 0.05) is 44.5 Å². The number of imidazole rings is 1. The number of hydrogen-bond acceptors (Lipinski definition) is 3. The van der Waals surface area contributed by atoms with Crippen molar-refractivity contribution in [2.24, 2.45) is 0 Å². The minimum Gasteiger partial charge on any atom is -0.383 e. The number of ether oxygens (including phenoxy) is 1. The molecule has 0 aromatic carbocycles. The largest absolute Gasteiger partial charge is 0.383 e. The highest BCUT2D eigenvalue weighted by atomic mass is 79.9. The van der Waals surface area contributed by atoms with Gasteiger partial charge in [-0.2, -0.15) is 0 Å². The predicted molar refractivity (Wildman–Crippen MR) is 65.8 cm³/mol. The maximum absolute atomic E-state index is 5.10. The zero-order valence-electron chi connectivity index (χ0n) is 9.32. The summed E-state index contributed by atoms with van der Waals surface area (Å²) in [5, 5.41) is 0.938. The van der Waals surface area contributed by atoms with Gasteiger partial charge in [-0.25, -0.2) is 4.98 Å². The van der Waals surface area contributed by atoms with Crippen LogP contribution < -0.4 is 4.90 Å². The maximum atomic E-state index is 5.10. The Hall–Kier alpha value is -0.550. The minimum atomic E-state index is 0.726. The van der Waals surface area contributed by atoms with Crippen molar-refractivity contribution in [2.75, 3.05) is 37.0 Å². The third kappa shape index (κ3) is 3.50. The number of anilines is 1. The van der Waals surface area contributed by atoms with Gasteiger partial charge in [0.1, 0.15) is 0 Å². The van der Waals surface area contributed by atoms with E-state index in [1.165, 1.54) is 0 Å². The molecule has 0 amide bonds. The average Bonchev–Trinajstić information content (AvgIpc) is 2.72. The Balaban J connectivity index is 2.69. The Bertz CT molecular complexity index is 277. The summed E-state index contributed by atoms with van der Waals surface area (Å²) < 4.78 is 7.23. The highest BCUT2D eigenvalue weighted by molar-refractivity contribution is 9.09. The van der Waals surface area contributed by atoms with Gasteiger partial charge < -0.3 is 14.2 Å². The molecule has 1 aromatic rings. The number of aromatic nitrogens is 2. The molecule has 0 fully saturated rings. The van der Waals surface area contributed by atoms with Crippen molar-refractivity contribution < 1.29 is 4.74 Å². The third-order valence-electron chi connectivity index (χ3n) is 2.24. The molecule has 15 heavy (non-hydrogen) atoms. The molecule has 0 aliphatic carbocycles. The van der Waals surface area contributed by atoms with Gasteiger partial charge in [0.2, 0.25) is 5.95 Å². The molecular weight excluding hydrogens is 258 g/mol. The molecule has 0 N–H and O–H groups in total. The number of hydrogen-bond donors (Lipinski definition) is 0. The molecule has 0 aliphatic rings. The number of alkyl halides is 1.